The number of hydrogen-bond donors (Lipinski definition) is 0. The Labute approximate surface area is 605 Å². The Morgan fingerprint density at radius 3 is 0.706 bits per heavy atom. The van der Waals surface area contributed by atoms with Gasteiger partial charge >= 0.3 is 0 Å². The molecule has 0 N–H and O–H groups in total. The third-order valence-electron chi connectivity index (χ3n) is 31.5. The number of fused-ring (bicyclic) bond motifs is 8. The highest BCUT2D eigenvalue weighted by molar-refractivity contribution is 7.03. The van der Waals surface area contributed by atoms with Gasteiger partial charge in [-0.15, -0.1) is 0 Å². The molecule has 16 saturated carbocycles. The van der Waals surface area contributed by atoms with E-state index in [2.05, 4.69) is 236 Å². The number of nitrogens with zero attached hydrogens (tertiary/aromatic N) is 6. The van der Waals surface area contributed by atoms with Crippen molar-refractivity contribution in [3.63, 3.8) is 0 Å². The van der Waals surface area contributed by atoms with Crippen molar-refractivity contribution in [2.75, 3.05) is 29.4 Å². The summed E-state index contributed by atoms with van der Waals surface area (Å²) >= 11 is 0. The predicted molar refractivity (Wildman–Crippen MR) is 423 cm³/mol. The maximum Gasteiger partial charge on any atom is 0.252 e. The van der Waals surface area contributed by atoms with Crippen molar-refractivity contribution in [3.05, 3.63) is 206 Å². The van der Waals surface area contributed by atoms with Crippen molar-refractivity contribution < 1.29 is 0 Å². The van der Waals surface area contributed by atoms with Crippen molar-refractivity contribution in [3.8, 4) is 0 Å². The molecule has 29 rings (SSSR count). The van der Waals surface area contributed by atoms with Gasteiger partial charge in [0.2, 0.25) is 0 Å². The van der Waals surface area contributed by atoms with Crippen LogP contribution in [0.1, 0.15) is 154 Å². The summed E-state index contributed by atoms with van der Waals surface area (Å²) in [6.45, 7) is -0.0644. The summed E-state index contributed by atoms with van der Waals surface area (Å²) < 4.78 is 0. The lowest BCUT2D eigenvalue weighted by Crippen LogP contribution is -2.71. The lowest BCUT2D eigenvalue weighted by molar-refractivity contribution is -0.0561. The molecule has 4 heterocycles. The van der Waals surface area contributed by atoms with E-state index >= 15 is 0 Å². The SMILES string of the molecule is c1ccc(N2c3ccccc3B3c4cc5c(cc4N(c4ccccc4)c4cc(N(C67CC8CC(CC(C8)C6)C7)C67CC8CC(CC(C8)C6)C7)cc2c43)N(c2ccccc2)c2cc(N(C34CC6CC(CC(C6)C3)C4)C34CC6CC(CC(C6)C3)C4)cc3c2B5c2ccccc2N3c2ccccc2)cc1. The maximum absolute atomic E-state index is 3.37. The zero-order valence-electron chi connectivity index (χ0n) is 59.4. The Kier molecular flexibility index (Phi) is 11.9. The van der Waals surface area contributed by atoms with Crippen molar-refractivity contribution in [1.82, 2.24) is 0 Å². The van der Waals surface area contributed by atoms with Crippen LogP contribution in [-0.2, 0) is 0 Å². The highest BCUT2D eigenvalue weighted by Crippen LogP contribution is 2.69. The van der Waals surface area contributed by atoms with E-state index < -0.39 is 0 Å². The van der Waals surface area contributed by atoms with Crippen LogP contribution in [0.25, 0.3) is 0 Å². The van der Waals surface area contributed by atoms with Crippen LogP contribution in [0.5, 0.6) is 0 Å². The van der Waals surface area contributed by atoms with Gasteiger partial charge in [0.05, 0.1) is 0 Å². The number of hydrogen-bond acceptors (Lipinski definition) is 6. The highest BCUT2D eigenvalue weighted by Gasteiger charge is 2.65. The topological polar surface area (TPSA) is 19.4 Å². The molecule has 9 aromatic rings. The highest BCUT2D eigenvalue weighted by atomic mass is 15.3. The monoisotopic (exact) mass is 1330 g/mol. The van der Waals surface area contributed by atoms with E-state index in [9.17, 15) is 0 Å². The van der Waals surface area contributed by atoms with E-state index in [1.54, 1.807) is 0 Å². The Morgan fingerprint density at radius 1 is 0.225 bits per heavy atom. The Morgan fingerprint density at radius 2 is 0.451 bits per heavy atom. The van der Waals surface area contributed by atoms with Gasteiger partial charge < -0.3 is 29.4 Å². The second kappa shape index (κ2) is 20.9. The first kappa shape index (κ1) is 58.3. The standard InChI is InChI=1S/C94H94B2N6/c1-5-17-71(18-6-1)97-81-27-15-13-25-77(81)95-79-45-80-84(46-83(79)99(73-21-9-3-10-22-73)87-43-75(41-85(97)89(87)95)101(91-47-59-29-60(48-91)31-61(30-59)49-91)92-50-62-32-63(51-92)34-64(33-62)52-92)100(74-23-11-4-12-24-74)88-44-76(42-86-90(88)96(80)78-26-14-16-28-82(78)98(86)72-19-7-2-8-20-72)102(93-53-65-35-66(54-93)37-67(36-65)55-93)94-56-68-38-69(57-94)40-70(39-68)58-94/h1-28,41-46,59-70H,29-40,47-58H2. The van der Waals surface area contributed by atoms with Crippen LogP contribution in [0.15, 0.2) is 206 Å². The molecule has 16 bridgehead atoms. The van der Waals surface area contributed by atoms with Crippen molar-refractivity contribution in [1.29, 1.82) is 0 Å². The molecule has 8 heteroatoms. The average Bonchev–Trinajstić information content (AvgIpc) is 0.682. The fourth-order valence-corrected chi connectivity index (χ4v) is 30.5. The van der Waals surface area contributed by atoms with Crippen LogP contribution < -0.4 is 62.2 Å². The fraction of sp³-hybridized carbons (Fsp3) is 0.426. The molecular formula is C94H94B2N6. The van der Waals surface area contributed by atoms with E-state index in [-0.39, 0.29) is 35.6 Å². The van der Waals surface area contributed by atoms with Crippen LogP contribution in [0, 0.1) is 71.0 Å². The molecule has 0 spiro atoms. The van der Waals surface area contributed by atoms with Gasteiger partial charge in [0.1, 0.15) is 0 Å². The van der Waals surface area contributed by atoms with E-state index in [0.717, 1.165) is 71.0 Å². The van der Waals surface area contributed by atoms with Gasteiger partial charge in [-0.1, -0.05) is 115 Å². The molecule has 0 saturated heterocycles. The lowest BCUT2D eigenvalue weighted by atomic mass is 9.30. The molecule has 0 unspecified atom stereocenters. The second-order valence-corrected chi connectivity index (χ2v) is 37.7. The third kappa shape index (κ3) is 8.12. The second-order valence-electron chi connectivity index (χ2n) is 37.7. The molecule has 16 aliphatic carbocycles. The third-order valence-corrected chi connectivity index (χ3v) is 31.5. The minimum atomic E-state index is -0.0322. The summed E-state index contributed by atoms with van der Waals surface area (Å²) in [5.41, 5.74) is 27.9. The van der Waals surface area contributed by atoms with Gasteiger partial charge in [-0.05, 0) is 349 Å². The molecule has 16 fully saturated rings. The molecule has 0 amide bonds. The van der Waals surface area contributed by atoms with E-state index in [1.807, 2.05) is 0 Å². The average molecular weight is 1330 g/mol. The Bertz CT molecular complexity index is 4420. The molecular weight excluding hydrogens is 1230 g/mol. The summed E-state index contributed by atoms with van der Waals surface area (Å²) in [5, 5.41) is 0. The Balaban J connectivity index is 0.771. The molecule has 506 valence electrons. The smallest absolute Gasteiger partial charge is 0.252 e. The van der Waals surface area contributed by atoms with Crippen LogP contribution in [-0.4, -0.2) is 35.6 Å². The zero-order chi connectivity index (χ0) is 66.1. The van der Waals surface area contributed by atoms with Gasteiger partial charge in [-0.3, -0.25) is 0 Å². The molecule has 20 aliphatic rings. The largest absolute Gasteiger partial charge is 0.360 e. The quantitative estimate of drug-likeness (QED) is 0.126. The molecule has 102 heavy (non-hydrogen) atoms. The number of para-hydroxylation sites is 6. The summed E-state index contributed by atoms with van der Waals surface area (Å²) in [7, 11) is 0. The lowest BCUT2D eigenvalue weighted by Gasteiger charge is -2.70. The van der Waals surface area contributed by atoms with Crippen molar-refractivity contribution in [2.45, 2.75) is 176 Å². The summed E-state index contributed by atoms with van der Waals surface area (Å²) in [6.07, 6.45) is 33.9. The van der Waals surface area contributed by atoms with Crippen molar-refractivity contribution >= 4 is 126 Å². The van der Waals surface area contributed by atoms with Gasteiger partial charge in [0, 0.05) is 102 Å². The van der Waals surface area contributed by atoms with Gasteiger partial charge in [0.15, 0.2) is 0 Å². The number of rotatable bonds is 10. The maximum atomic E-state index is 3.37. The Hall–Kier alpha value is -8.09. The van der Waals surface area contributed by atoms with Gasteiger partial charge in [-0.2, -0.15) is 0 Å². The van der Waals surface area contributed by atoms with E-state index in [4.69, 9.17) is 0 Å². The molecule has 0 atom stereocenters. The summed E-state index contributed by atoms with van der Waals surface area (Å²) in [4.78, 5) is 17.9. The first-order chi connectivity index (χ1) is 50.2. The van der Waals surface area contributed by atoms with Gasteiger partial charge in [-0.25, -0.2) is 0 Å². The van der Waals surface area contributed by atoms with Crippen LogP contribution >= 0.6 is 0 Å². The molecule has 0 radical (unpaired) electrons. The predicted octanol–water partition coefficient (Wildman–Crippen LogP) is 19.3. The first-order valence-electron chi connectivity index (χ1n) is 41.0. The van der Waals surface area contributed by atoms with Crippen LogP contribution in [0.2, 0.25) is 0 Å². The number of benzene rings is 9. The molecule has 0 aromatic heterocycles. The normalized spacial score (nSPS) is 34.5. The van der Waals surface area contributed by atoms with Crippen molar-refractivity contribution in [2.24, 2.45) is 71.0 Å². The van der Waals surface area contributed by atoms with E-state index in [0.29, 0.717) is 0 Å². The minimum absolute atomic E-state index is 0.0322. The first-order valence-corrected chi connectivity index (χ1v) is 41.0. The molecule has 9 aromatic carbocycles. The summed E-state index contributed by atoms with van der Waals surface area (Å²) in [6, 6.07) is 83.2. The van der Waals surface area contributed by atoms with Crippen LogP contribution in [0.3, 0.4) is 0 Å². The molecule has 4 aliphatic heterocycles. The van der Waals surface area contributed by atoms with Gasteiger partial charge in [0.25, 0.3) is 13.4 Å². The van der Waals surface area contributed by atoms with Crippen LogP contribution in [0.4, 0.5) is 79.6 Å². The zero-order valence-corrected chi connectivity index (χ0v) is 59.4. The van der Waals surface area contributed by atoms with E-state index in [1.165, 1.54) is 266 Å². The summed E-state index contributed by atoms with van der Waals surface area (Å²) in [5.74, 6) is 10.2. The minimum Gasteiger partial charge on any atom is -0.360 e. The number of anilines is 14. The molecule has 6 nitrogen and oxygen atoms in total. The fourth-order valence-electron chi connectivity index (χ4n) is 30.5.